The van der Waals surface area contributed by atoms with Crippen molar-refractivity contribution >= 4 is 17.5 Å². The van der Waals surface area contributed by atoms with Crippen molar-refractivity contribution in [1.29, 1.82) is 0 Å². The molecule has 0 aliphatic carbocycles. The van der Waals surface area contributed by atoms with Gasteiger partial charge in [0.1, 0.15) is 18.0 Å². The van der Waals surface area contributed by atoms with E-state index >= 15 is 0 Å². The SMILES string of the molecule is CN(C)c1cc(N2CCC(N3CCC[C@H](C(=O)N4CCOCC4)C3)CC2)ncn1. The molecule has 0 saturated carbocycles. The van der Waals surface area contributed by atoms with Crippen molar-refractivity contribution in [1.82, 2.24) is 19.8 Å². The number of hydrogen-bond donors (Lipinski definition) is 0. The highest BCUT2D eigenvalue weighted by molar-refractivity contribution is 5.79. The number of aromatic nitrogens is 2. The summed E-state index contributed by atoms with van der Waals surface area (Å²) in [4.78, 5) is 30.7. The highest BCUT2D eigenvalue weighted by Crippen LogP contribution is 2.27. The number of piperidine rings is 2. The molecule has 8 nitrogen and oxygen atoms in total. The Kier molecular flexibility index (Phi) is 6.50. The third-order valence-electron chi connectivity index (χ3n) is 6.53. The Morgan fingerprint density at radius 1 is 1.07 bits per heavy atom. The first-order chi connectivity index (χ1) is 14.1. The lowest BCUT2D eigenvalue weighted by molar-refractivity contribution is -0.141. The number of morpholine rings is 1. The van der Waals surface area contributed by atoms with Gasteiger partial charge in [0.2, 0.25) is 5.91 Å². The van der Waals surface area contributed by atoms with Crippen LogP contribution in [0.2, 0.25) is 0 Å². The number of anilines is 2. The molecule has 8 heteroatoms. The van der Waals surface area contributed by atoms with E-state index in [4.69, 9.17) is 4.74 Å². The summed E-state index contributed by atoms with van der Waals surface area (Å²) in [5.74, 6) is 2.45. The van der Waals surface area contributed by atoms with Gasteiger partial charge in [-0.2, -0.15) is 0 Å². The molecule has 4 heterocycles. The molecule has 4 rings (SSSR count). The summed E-state index contributed by atoms with van der Waals surface area (Å²) in [6, 6.07) is 2.64. The van der Waals surface area contributed by atoms with Crippen LogP contribution in [0, 0.1) is 5.92 Å². The third-order valence-corrected chi connectivity index (χ3v) is 6.53. The molecule has 1 amide bonds. The van der Waals surface area contributed by atoms with Crippen molar-refractivity contribution < 1.29 is 9.53 Å². The summed E-state index contributed by atoms with van der Waals surface area (Å²) in [6.45, 7) is 6.91. The normalized spacial score (nSPS) is 24.6. The van der Waals surface area contributed by atoms with Crippen molar-refractivity contribution in [2.24, 2.45) is 5.92 Å². The number of nitrogens with zero attached hydrogens (tertiary/aromatic N) is 6. The second kappa shape index (κ2) is 9.26. The van der Waals surface area contributed by atoms with Crippen molar-refractivity contribution in [2.75, 3.05) is 76.4 Å². The van der Waals surface area contributed by atoms with E-state index in [0.29, 0.717) is 25.2 Å². The zero-order chi connectivity index (χ0) is 20.2. The molecule has 3 saturated heterocycles. The lowest BCUT2D eigenvalue weighted by atomic mass is 9.92. The Balaban J connectivity index is 1.31. The maximum Gasteiger partial charge on any atom is 0.227 e. The van der Waals surface area contributed by atoms with E-state index in [9.17, 15) is 4.79 Å². The molecule has 29 heavy (non-hydrogen) atoms. The monoisotopic (exact) mass is 402 g/mol. The second-order valence-corrected chi connectivity index (χ2v) is 8.62. The molecule has 1 aromatic heterocycles. The molecule has 3 aliphatic rings. The van der Waals surface area contributed by atoms with E-state index in [1.165, 1.54) is 0 Å². The van der Waals surface area contributed by atoms with Crippen LogP contribution in [0.4, 0.5) is 11.6 Å². The van der Waals surface area contributed by atoms with Crippen LogP contribution in [-0.2, 0) is 9.53 Å². The van der Waals surface area contributed by atoms with E-state index < -0.39 is 0 Å². The number of ether oxygens (including phenoxy) is 1. The smallest absolute Gasteiger partial charge is 0.227 e. The molecular weight excluding hydrogens is 368 g/mol. The maximum absolute atomic E-state index is 12.9. The zero-order valence-corrected chi connectivity index (χ0v) is 17.8. The van der Waals surface area contributed by atoms with Gasteiger partial charge < -0.3 is 19.4 Å². The standard InChI is InChI=1S/C21H34N6O2/c1-24(2)19-14-20(23-16-22-19)25-8-5-18(6-9-25)27-7-3-4-17(15-27)21(28)26-10-12-29-13-11-26/h14,16-18H,3-13,15H2,1-2H3/t17-/m0/s1. The van der Waals surface area contributed by atoms with Crippen LogP contribution in [-0.4, -0.2) is 98.3 Å². The maximum atomic E-state index is 12.9. The van der Waals surface area contributed by atoms with Gasteiger partial charge >= 0.3 is 0 Å². The van der Waals surface area contributed by atoms with Crippen LogP contribution < -0.4 is 9.80 Å². The van der Waals surface area contributed by atoms with E-state index in [1.807, 2.05) is 23.9 Å². The molecule has 1 atom stereocenters. The third kappa shape index (κ3) is 4.80. The number of carbonyl (C=O) groups is 1. The quantitative estimate of drug-likeness (QED) is 0.747. The lowest BCUT2D eigenvalue weighted by Crippen LogP contribution is -2.52. The average molecular weight is 403 g/mol. The van der Waals surface area contributed by atoms with Gasteiger partial charge in [-0.05, 0) is 32.2 Å². The fourth-order valence-corrected chi connectivity index (χ4v) is 4.80. The lowest BCUT2D eigenvalue weighted by Gasteiger charge is -2.43. The van der Waals surface area contributed by atoms with Crippen molar-refractivity contribution in [2.45, 2.75) is 31.7 Å². The molecule has 0 N–H and O–H groups in total. The van der Waals surface area contributed by atoms with Gasteiger partial charge in [0.15, 0.2) is 0 Å². The molecule has 3 fully saturated rings. The largest absolute Gasteiger partial charge is 0.378 e. The number of likely N-dealkylation sites (tertiary alicyclic amines) is 1. The Hall–Kier alpha value is -1.93. The minimum absolute atomic E-state index is 0.157. The summed E-state index contributed by atoms with van der Waals surface area (Å²) in [5.41, 5.74) is 0. The molecule has 3 aliphatic heterocycles. The summed E-state index contributed by atoms with van der Waals surface area (Å²) in [6.07, 6.45) is 6.06. The number of amides is 1. The minimum Gasteiger partial charge on any atom is -0.378 e. The van der Waals surface area contributed by atoms with Crippen molar-refractivity contribution in [3.63, 3.8) is 0 Å². The van der Waals surface area contributed by atoms with Crippen LogP contribution in [0.1, 0.15) is 25.7 Å². The molecule has 0 aromatic carbocycles. The Labute approximate surface area is 173 Å². The van der Waals surface area contributed by atoms with Crippen LogP contribution in [0.25, 0.3) is 0 Å². The molecule has 0 spiro atoms. The summed E-state index contributed by atoms with van der Waals surface area (Å²) in [7, 11) is 4.01. The Morgan fingerprint density at radius 2 is 1.83 bits per heavy atom. The van der Waals surface area contributed by atoms with Gasteiger partial charge in [-0.15, -0.1) is 0 Å². The molecule has 1 aromatic rings. The van der Waals surface area contributed by atoms with Crippen LogP contribution in [0.5, 0.6) is 0 Å². The first-order valence-corrected chi connectivity index (χ1v) is 11.0. The Morgan fingerprint density at radius 3 is 2.55 bits per heavy atom. The molecular formula is C21H34N6O2. The highest BCUT2D eigenvalue weighted by Gasteiger charge is 2.34. The number of carbonyl (C=O) groups excluding carboxylic acids is 1. The van der Waals surface area contributed by atoms with Gasteiger partial charge in [0, 0.05) is 58.9 Å². The van der Waals surface area contributed by atoms with E-state index in [-0.39, 0.29) is 5.92 Å². The first kappa shape index (κ1) is 20.3. The number of rotatable bonds is 4. The van der Waals surface area contributed by atoms with Crippen molar-refractivity contribution in [3.8, 4) is 0 Å². The predicted molar refractivity (Wildman–Crippen MR) is 113 cm³/mol. The van der Waals surface area contributed by atoms with Gasteiger partial charge in [0.25, 0.3) is 0 Å². The predicted octanol–water partition coefficient (Wildman–Crippen LogP) is 1.08. The summed E-state index contributed by atoms with van der Waals surface area (Å²) >= 11 is 0. The molecule has 0 radical (unpaired) electrons. The second-order valence-electron chi connectivity index (χ2n) is 8.62. The van der Waals surface area contributed by atoms with E-state index in [0.717, 1.165) is 76.6 Å². The fraction of sp³-hybridized carbons (Fsp3) is 0.762. The summed E-state index contributed by atoms with van der Waals surface area (Å²) < 4.78 is 5.40. The minimum atomic E-state index is 0.157. The van der Waals surface area contributed by atoms with Crippen LogP contribution in [0.15, 0.2) is 12.4 Å². The van der Waals surface area contributed by atoms with Gasteiger partial charge in [-0.1, -0.05) is 0 Å². The fourth-order valence-electron chi connectivity index (χ4n) is 4.80. The summed E-state index contributed by atoms with van der Waals surface area (Å²) in [5, 5.41) is 0. The van der Waals surface area contributed by atoms with Gasteiger partial charge in [0.05, 0.1) is 19.1 Å². The van der Waals surface area contributed by atoms with Crippen LogP contribution >= 0.6 is 0 Å². The zero-order valence-electron chi connectivity index (χ0n) is 17.8. The highest BCUT2D eigenvalue weighted by atomic mass is 16.5. The molecule has 0 bridgehead atoms. The number of hydrogen-bond acceptors (Lipinski definition) is 7. The molecule has 160 valence electrons. The van der Waals surface area contributed by atoms with E-state index in [2.05, 4.69) is 25.8 Å². The average Bonchev–Trinajstić information content (AvgIpc) is 2.79. The van der Waals surface area contributed by atoms with E-state index in [1.54, 1.807) is 6.33 Å². The van der Waals surface area contributed by atoms with Gasteiger partial charge in [-0.25, -0.2) is 9.97 Å². The first-order valence-electron chi connectivity index (χ1n) is 11.0. The Bertz CT molecular complexity index is 686. The van der Waals surface area contributed by atoms with Gasteiger partial charge in [-0.3, -0.25) is 9.69 Å². The van der Waals surface area contributed by atoms with Crippen molar-refractivity contribution in [3.05, 3.63) is 12.4 Å². The topological polar surface area (TPSA) is 65.0 Å². The molecule has 0 unspecified atom stereocenters. The van der Waals surface area contributed by atoms with Crippen LogP contribution in [0.3, 0.4) is 0 Å².